The molecule has 0 bridgehead atoms. The molecule has 0 atom stereocenters. The maximum Gasteiger partial charge on any atom is 0.331 e. The molecule has 0 aliphatic heterocycles. The molecule has 0 amide bonds. The average molecular weight is 270 g/mol. The number of Topliss-reactive ketones (excluding diaryl/α,β-unsaturated/α-hetero) is 2. The Balaban J connectivity index is 4.81. The van der Waals surface area contributed by atoms with Gasteiger partial charge in [-0.3, -0.25) is 19.2 Å². The highest BCUT2D eigenvalue weighted by Gasteiger charge is 2.34. The zero-order valence-electron chi connectivity index (χ0n) is 11.9. The van der Waals surface area contributed by atoms with Crippen LogP contribution in [0, 0.1) is 5.92 Å². The van der Waals surface area contributed by atoms with Crippen LogP contribution in [-0.2, 0) is 23.9 Å². The topological polar surface area (TPSA) is 77.5 Å². The van der Waals surface area contributed by atoms with E-state index in [-0.39, 0.29) is 19.3 Å². The second kappa shape index (κ2) is 9.42. The van der Waals surface area contributed by atoms with Crippen LogP contribution in [0.4, 0.5) is 0 Å². The van der Waals surface area contributed by atoms with Crippen molar-refractivity contribution >= 4 is 23.5 Å². The largest absolute Gasteiger partial charge is 0.392 e. The van der Waals surface area contributed by atoms with Gasteiger partial charge in [0.2, 0.25) is 0 Å². The summed E-state index contributed by atoms with van der Waals surface area (Å²) < 4.78 is 4.57. The summed E-state index contributed by atoms with van der Waals surface area (Å²) in [5, 5.41) is 0. The number of ether oxygens (including phenoxy) is 1. The minimum atomic E-state index is -1.43. The number of hydrogen-bond donors (Lipinski definition) is 0. The minimum Gasteiger partial charge on any atom is -0.392 e. The molecule has 0 unspecified atom stereocenters. The first kappa shape index (κ1) is 17.5. The monoisotopic (exact) mass is 270 g/mol. The van der Waals surface area contributed by atoms with Crippen molar-refractivity contribution in [2.45, 2.75) is 59.3 Å². The fourth-order valence-electron chi connectivity index (χ4n) is 1.65. The van der Waals surface area contributed by atoms with E-state index in [0.29, 0.717) is 19.3 Å². The van der Waals surface area contributed by atoms with E-state index in [1.165, 1.54) is 0 Å². The van der Waals surface area contributed by atoms with E-state index in [1.54, 1.807) is 20.8 Å². The average Bonchev–Trinajstić information content (AvgIpc) is 2.29. The molecule has 0 N–H and O–H groups in total. The van der Waals surface area contributed by atoms with Crippen LogP contribution < -0.4 is 0 Å². The van der Waals surface area contributed by atoms with Crippen LogP contribution in [0.2, 0.25) is 0 Å². The molecule has 0 radical (unpaired) electrons. The van der Waals surface area contributed by atoms with Crippen LogP contribution in [0.1, 0.15) is 59.3 Å². The third kappa shape index (κ3) is 6.27. The molecule has 0 aliphatic rings. The van der Waals surface area contributed by atoms with E-state index >= 15 is 0 Å². The number of hydrogen-bond acceptors (Lipinski definition) is 5. The van der Waals surface area contributed by atoms with Gasteiger partial charge in [-0.1, -0.05) is 20.8 Å². The number of carbonyl (C=O) groups is 4. The second-order valence-corrected chi connectivity index (χ2v) is 4.41. The van der Waals surface area contributed by atoms with E-state index in [1.807, 2.05) is 0 Å². The molecule has 0 aromatic carbocycles. The molecule has 0 saturated heterocycles. The van der Waals surface area contributed by atoms with Crippen molar-refractivity contribution in [3.63, 3.8) is 0 Å². The van der Waals surface area contributed by atoms with Crippen molar-refractivity contribution in [2.24, 2.45) is 5.92 Å². The van der Waals surface area contributed by atoms with Crippen LogP contribution >= 0.6 is 0 Å². The van der Waals surface area contributed by atoms with Gasteiger partial charge in [0.05, 0.1) is 0 Å². The van der Waals surface area contributed by atoms with Gasteiger partial charge in [-0.05, 0) is 19.3 Å². The molecule has 0 fully saturated rings. The minimum absolute atomic E-state index is 0.0996. The summed E-state index contributed by atoms with van der Waals surface area (Å²) in [5.41, 5.74) is 0. The van der Waals surface area contributed by atoms with Crippen molar-refractivity contribution in [3.8, 4) is 0 Å². The van der Waals surface area contributed by atoms with Gasteiger partial charge in [-0.25, -0.2) is 0 Å². The highest BCUT2D eigenvalue weighted by atomic mass is 16.6. The lowest BCUT2D eigenvalue weighted by Gasteiger charge is -2.12. The third-order valence-corrected chi connectivity index (χ3v) is 2.54. The van der Waals surface area contributed by atoms with E-state index in [9.17, 15) is 19.2 Å². The Labute approximate surface area is 113 Å². The quantitative estimate of drug-likeness (QED) is 0.474. The first-order valence-electron chi connectivity index (χ1n) is 6.77. The number of esters is 2. The molecule has 0 aromatic heterocycles. The van der Waals surface area contributed by atoms with Crippen molar-refractivity contribution in [2.75, 3.05) is 0 Å². The summed E-state index contributed by atoms with van der Waals surface area (Å²) in [6, 6.07) is 0. The molecule has 19 heavy (non-hydrogen) atoms. The lowest BCUT2D eigenvalue weighted by molar-refractivity contribution is -0.164. The summed E-state index contributed by atoms with van der Waals surface area (Å²) >= 11 is 0. The summed E-state index contributed by atoms with van der Waals surface area (Å²) in [6.45, 7) is 5.34. The van der Waals surface area contributed by atoms with Crippen LogP contribution in [-0.4, -0.2) is 23.5 Å². The Hall–Kier alpha value is -1.52. The molecule has 0 spiro atoms. The van der Waals surface area contributed by atoms with Gasteiger partial charge < -0.3 is 4.74 Å². The van der Waals surface area contributed by atoms with Gasteiger partial charge in [0, 0.05) is 19.3 Å². The van der Waals surface area contributed by atoms with Crippen molar-refractivity contribution < 1.29 is 23.9 Å². The van der Waals surface area contributed by atoms with Crippen LogP contribution in [0.15, 0.2) is 0 Å². The molecule has 108 valence electrons. The lowest BCUT2D eigenvalue weighted by Crippen LogP contribution is -2.34. The molecule has 5 nitrogen and oxygen atoms in total. The Morgan fingerprint density at radius 3 is 1.58 bits per heavy atom. The summed E-state index contributed by atoms with van der Waals surface area (Å²) in [6.07, 6.45) is 2.01. The smallest absolute Gasteiger partial charge is 0.331 e. The fourth-order valence-corrected chi connectivity index (χ4v) is 1.65. The van der Waals surface area contributed by atoms with Crippen molar-refractivity contribution in [1.29, 1.82) is 0 Å². The zero-order valence-corrected chi connectivity index (χ0v) is 11.9. The molecule has 0 aromatic rings. The molecule has 0 saturated carbocycles. The van der Waals surface area contributed by atoms with Gasteiger partial charge in [-0.2, -0.15) is 0 Å². The van der Waals surface area contributed by atoms with Gasteiger partial charge in [0.15, 0.2) is 17.5 Å². The molecule has 0 rings (SSSR count). The van der Waals surface area contributed by atoms with E-state index in [4.69, 9.17) is 0 Å². The van der Waals surface area contributed by atoms with Crippen LogP contribution in [0.3, 0.4) is 0 Å². The molecule has 0 heterocycles. The van der Waals surface area contributed by atoms with Crippen LogP contribution in [0.25, 0.3) is 0 Å². The summed E-state index contributed by atoms with van der Waals surface area (Å²) in [4.78, 5) is 46.6. The second-order valence-electron chi connectivity index (χ2n) is 4.41. The summed E-state index contributed by atoms with van der Waals surface area (Å²) in [7, 11) is 0. The Morgan fingerprint density at radius 2 is 1.21 bits per heavy atom. The molecular formula is C14H22O5. The van der Waals surface area contributed by atoms with Gasteiger partial charge in [0.1, 0.15) is 0 Å². The SMILES string of the molecule is CCCC(=O)OC(=O)C(C(=O)CCC)C(=O)CCC. The van der Waals surface area contributed by atoms with Gasteiger partial charge in [-0.15, -0.1) is 0 Å². The van der Waals surface area contributed by atoms with E-state index in [0.717, 1.165) is 0 Å². The van der Waals surface area contributed by atoms with Gasteiger partial charge >= 0.3 is 11.9 Å². The first-order valence-corrected chi connectivity index (χ1v) is 6.77. The van der Waals surface area contributed by atoms with E-state index in [2.05, 4.69) is 4.74 Å². The van der Waals surface area contributed by atoms with E-state index < -0.39 is 29.4 Å². The first-order chi connectivity index (χ1) is 8.97. The van der Waals surface area contributed by atoms with Crippen molar-refractivity contribution in [3.05, 3.63) is 0 Å². The third-order valence-electron chi connectivity index (χ3n) is 2.54. The number of carbonyl (C=O) groups excluding carboxylic acids is 4. The number of ketones is 2. The standard InChI is InChI=1S/C14H22O5/c1-4-7-10(15)13(11(16)8-5-2)14(18)19-12(17)9-6-3/h13H,4-9H2,1-3H3. The van der Waals surface area contributed by atoms with Crippen LogP contribution in [0.5, 0.6) is 0 Å². The highest BCUT2D eigenvalue weighted by molar-refractivity contribution is 6.18. The summed E-state index contributed by atoms with van der Waals surface area (Å²) in [5.74, 6) is -4.06. The maximum atomic E-state index is 11.8. The Bertz CT molecular complexity index is 328. The maximum absolute atomic E-state index is 11.8. The zero-order chi connectivity index (χ0) is 14.8. The van der Waals surface area contributed by atoms with Gasteiger partial charge in [0.25, 0.3) is 0 Å². The Kier molecular flexibility index (Phi) is 8.66. The normalized spacial score (nSPS) is 10.3. The highest BCUT2D eigenvalue weighted by Crippen LogP contribution is 2.12. The lowest BCUT2D eigenvalue weighted by atomic mass is 9.93. The predicted molar refractivity (Wildman–Crippen MR) is 69.3 cm³/mol. The number of rotatable bonds is 9. The predicted octanol–water partition coefficient (Wildman–Crippen LogP) is 2.21. The molecule has 5 heteroatoms. The molecule has 0 aliphatic carbocycles. The molecular weight excluding hydrogens is 248 g/mol. The fraction of sp³-hybridized carbons (Fsp3) is 0.714. The Morgan fingerprint density at radius 1 is 0.789 bits per heavy atom. The van der Waals surface area contributed by atoms with Crippen molar-refractivity contribution in [1.82, 2.24) is 0 Å².